The molecule has 0 unspecified atom stereocenters. The van der Waals surface area contributed by atoms with Crippen LogP contribution in [0.3, 0.4) is 0 Å². The Morgan fingerprint density at radius 3 is 1.97 bits per heavy atom. The Hall–Kier alpha value is -4.17. The van der Waals surface area contributed by atoms with Gasteiger partial charge in [-0.2, -0.15) is 0 Å². The Morgan fingerprint density at radius 1 is 0.750 bits per heavy atom. The van der Waals surface area contributed by atoms with Gasteiger partial charge in [0, 0.05) is 10.4 Å². The van der Waals surface area contributed by atoms with E-state index in [1.54, 1.807) is 39.5 Å². The Kier molecular flexibility index (Phi) is 7.65. The van der Waals surface area contributed by atoms with E-state index in [-0.39, 0.29) is 4.88 Å². The van der Waals surface area contributed by atoms with E-state index in [2.05, 4.69) is 0 Å². The van der Waals surface area contributed by atoms with Gasteiger partial charge in [0.2, 0.25) is 5.75 Å². The lowest BCUT2D eigenvalue weighted by molar-refractivity contribution is 0.0702. The molecule has 0 aliphatic rings. The molecule has 36 heavy (non-hydrogen) atoms. The summed E-state index contributed by atoms with van der Waals surface area (Å²) in [4.78, 5) is 12.8. The van der Waals surface area contributed by atoms with Gasteiger partial charge in [-0.15, -0.1) is 11.3 Å². The Balaban J connectivity index is 1.82. The highest BCUT2D eigenvalue weighted by atomic mass is 32.1. The third-order valence-corrected chi connectivity index (χ3v) is 6.75. The number of ether oxygens (including phenoxy) is 5. The monoisotopic (exact) mass is 506 g/mol. The largest absolute Gasteiger partial charge is 0.493 e. The van der Waals surface area contributed by atoms with Crippen molar-refractivity contribution in [3.63, 3.8) is 0 Å². The Bertz CT molecular complexity index is 1340. The highest BCUT2D eigenvalue weighted by Crippen LogP contribution is 2.47. The van der Waals surface area contributed by atoms with E-state index in [4.69, 9.17) is 23.7 Å². The molecule has 4 aromatic rings. The van der Waals surface area contributed by atoms with Crippen molar-refractivity contribution >= 4 is 17.3 Å². The summed E-state index contributed by atoms with van der Waals surface area (Å²) in [6.45, 7) is 0.365. The predicted octanol–water partition coefficient (Wildman–Crippen LogP) is 6.39. The molecule has 0 aliphatic heterocycles. The van der Waals surface area contributed by atoms with Gasteiger partial charge in [-0.25, -0.2) is 4.79 Å². The van der Waals surface area contributed by atoms with Crippen molar-refractivity contribution in [2.45, 2.75) is 6.61 Å². The third kappa shape index (κ3) is 5.08. The van der Waals surface area contributed by atoms with Crippen molar-refractivity contribution in [1.29, 1.82) is 0 Å². The van der Waals surface area contributed by atoms with Gasteiger partial charge in [-0.3, -0.25) is 0 Å². The molecule has 186 valence electrons. The summed E-state index contributed by atoms with van der Waals surface area (Å²) in [5, 5.41) is 9.74. The van der Waals surface area contributed by atoms with Crippen LogP contribution in [-0.4, -0.2) is 39.5 Å². The average Bonchev–Trinajstić information content (AvgIpc) is 3.37. The first-order chi connectivity index (χ1) is 17.5. The van der Waals surface area contributed by atoms with Gasteiger partial charge in [0.05, 0.1) is 28.4 Å². The lowest BCUT2D eigenvalue weighted by Gasteiger charge is -2.15. The summed E-state index contributed by atoms with van der Waals surface area (Å²) >= 11 is 1.17. The fraction of sp³-hybridized carbons (Fsp3) is 0.179. The second-order valence-corrected chi connectivity index (χ2v) is 8.76. The first-order valence-corrected chi connectivity index (χ1v) is 11.8. The minimum absolute atomic E-state index is 0.205. The van der Waals surface area contributed by atoms with Gasteiger partial charge in [0.25, 0.3) is 0 Å². The van der Waals surface area contributed by atoms with E-state index in [0.29, 0.717) is 35.4 Å². The lowest BCUT2D eigenvalue weighted by Crippen LogP contribution is -1.98. The molecule has 0 saturated carbocycles. The number of carboxylic acids is 1. The number of hydrogen-bond donors (Lipinski definition) is 1. The Labute approximate surface area is 213 Å². The standard InChI is InChI=1S/C28H26O7S/c1-31-21-11-10-18(12-22(21)35-16-17-8-6-5-7-9-17)20-15-25(28(29)30)36-27(20)19-13-23(32-2)26(34-4)24(14-19)33-3/h5-15H,16H2,1-4H3,(H,29,30). The molecule has 1 heterocycles. The summed E-state index contributed by atoms with van der Waals surface area (Å²) in [5.41, 5.74) is 3.27. The molecule has 0 atom stereocenters. The smallest absolute Gasteiger partial charge is 0.345 e. The van der Waals surface area contributed by atoms with Crippen molar-refractivity contribution < 1.29 is 33.6 Å². The molecule has 0 bridgehead atoms. The van der Waals surface area contributed by atoms with E-state index >= 15 is 0 Å². The molecule has 0 radical (unpaired) electrons. The summed E-state index contributed by atoms with van der Waals surface area (Å²) < 4.78 is 28.1. The van der Waals surface area contributed by atoms with Crippen molar-refractivity contribution in [2.24, 2.45) is 0 Å². The topological polar surface area (TPSA) is 83.5 Å². The normalized spacial score (nSPS) is 10.6. The van der Waals surface area contributed by atoms with Gasteiger partial charge in [-0.05, 0) is 47.0 Å². The molecular weight excluding hydrogens is 480 g/mol. The van der Waals surface area contributed by atoms with Crippen LogP contribution in [0.5, 0.6) is 28.7 Å². The average molecular weight is 507 g/mol. The van der Waals surface area contributed by atoms with Crippen molar-refractivity contribution in [3.8, 4) is 50.3 Å². The molecule has 3 aromatic carbocycles. The molecule has 0 spiro atoms. The minimum Gasteiger partial charge on any atom is -0.493 e. The number of carbonyl (C=O) groups is 1. The van der Waals surface area contributed by atoms with E-state index in [1.807, 2.05) is 48.5 Å². The van der Waals surface area contributed by atoms with Crippen LogP contribution in [0, 0.1) is 0 Å². The summed E-state index contributed by atoms with van der Waals surface area (Å²) in [6, 6.07) is 20.6. The van der Waals surface area contributed by atoms with Crippen LogP contribution in [0.2, 0.25) is 0 Å². The molecular formula is C28H26O7S. The number of thiophene rings is 1. The molecule has 1 N–H and O–H groups in total. The van der Waals surface area contributed by atoms with Gasteiger partial charge in [-0.1, -0.05) is 36.4 Å². The second-order valence-electron chi connectivity index (χ2n) is 7.71. The lowest BCUT2D eigenvalue weighted by atomic mass is 10.0. The van der Waals surface area contributed by atoms with Gasteiger partial charge in [0.1, 0.15) is 11.5 Å². The minimum atomic E-state index is -1.01. The van der Waals surface area contributed by atoms with Crippen molar-refractivity contribution in [1.82, 2.24) is 0 Å². The predicted molar refractivity (Wildman–Crippen MR) is 139 cm³/mol. The number of benzene rings is 3. The quantitative estimate of drug-likeness (QED) is 0.267. The van der Waals surface area contributed by atoms with Crippen LogP contribution < -0.4 is 23.7 Å². The maximum absolute atomic E-state index is 11.9. The molecule has 0 fully saturated rings. The fourth-order valence-corrected chi connectivity index (χ4v) is 4.84. The summed E-state index contributed by atoms with van der Waals surface area (Å²) in [6.07, 6.45) is 0. The second kappa shape index (κ2) is 11.0. The molecule has 0 aliphatic carbocycles. The van der Waals surface area contributed by atoms with Crippen molar-refractivity contribution in [2.75, 3.05) is 28.4 Å². The highest BCUT2D eigenvalue weighted by Gasteiger charge is 2.21. The highest BCUT2D eigenvalue weighted by molar-refractivity contribution is 7.18. The fourth-order valence-electron chi connectivity index (χ4n) is 3.83. The van der Waals surface area contributed by atoms with Crippen LogP contribution in [0.1, 0.15) is 15.2 Å². The number of methoxy groups -OCH3 is 4. The number of carboxylic acid groups (broad SMARTS) is 1. The van der Waals surface area contributed by atoms with Gasteiger partial charge in [0.15, 0.2) is 23.0 Å². The zero-order valence-electron chi connectivity index (χ0n) is 20.4. The zero-order valence-corrected chi connectivity index (χ0v) is 21.2. The molecule has 1 aromatic heterocycles. The summed E-state index contributed by atoms with van der Waals surface area (Å²) in [5.74, 6) is 1.54. The molecule has 7 nitrogen and oxygen atoms in total. The molecule has 0 saturated heterocycles. The maximum atomic E-state index is 11.9. The first-order valence-electron chi connectivity index (χ1n) is 11.0. The maximum Gasteiger partial charge on any atom is 0.345 e. The third-order valence-electron chi connectivity index (χ3n) is 5.58. The first kappa shape index (κ1) is 24.9. The number of aromatic carboxylic acids is 1. The van der Waals surface area contributed by atoms with Gasteiger partial charge < -0.3 is 28.8 Å². The number of hydrogen-bond acceptors (Lipinski definition) is 7. The summed E-state index contributed by atoms with van der Waals surface area (Å²) in [7, 11) is 6.20. The Morgan fingerprint density at radius 2 is 1.39 bits per heavy atom. The molecule has 8 heteroatoms. The van der Waals surface area contributed by atoms with E-state index < -0.39 is 5.97 Å². The SMILES string of the molecule is COc1ccc(-c2cc(C(=O)O)sc2-c2cc(OC)c(OC)c(OC)c2)cc1OCc1ccccc1. The molecule has 0 amide bonds. The van der Waals surface area contributed by atoms with E-state index in [9.17, 15) is 9.90 Å². The van der Waals surface area contributed by atoms with Crippen LogP contribution in [-0.2, 0) is 6.61 Å². The van der Waals surface area contributed by atoms with E-state index in [1.165, 1.54) is 18.4 Å². The van der Waals surface area contributed by atoms with Crippen LogP contribution >= 0.6 is 11.3 Å². The van der Waals surface area contributed by atoms with Crippen LogP contribution in [0.15, 0.2) is 66.7 Å². The molecule has 4 rings (SSSR count). The zero-order chi connectivity index (χ0) is 25.7. The van der Waals surface area contributed by atoms with E-state index in [0.717, 1.165) is 27.1 Å². The van der Waals surface area contributed by atoms with Crippen LogP contribution in [0.25, 0.3) is 21.6 Å². The van der Waals surface area contributed by atoms with Crippen molar-refractivity contribution in [3.05, 3.63) is 77.2 Å². The van der Waals surface area contributed by atoms with Crippen LogP contribution in [0.4, 0.5) is 0 Å². The number of rotatable bonds is 10. The van der Waals surface area contributed by atoms with Gasteiger partial charge >= 0.3 is 5.97 Å².